The molecule has 0 aromatic carbocycles. The van der Waals surface area contributed by atoms with Gasteiger partial charge in [-0.2, -0.15) is 0 Å². The number of ether oxygens (including phenoxy) is 1. The molecule has 1 fully saturated rings. The van der Waals surface area contributed by atoms with Crippen LogP contribution in [0.25, 0.3) is 0 Å². The summed E-state index contributed by atoms with van der Waals surface area (Å²) in [4.78, 5) is 0. The summed E-state index contributed by atoms with van der Waals surface area (Å²) in [5, 5.41) is 0. The maximum atomic E-state index is 11.7. The van der Waals surface area contributed by atoms with E-state index >= 15 is 0 Å². The molecule has 0 N–H and O–H groups in total. The van der Waals surface area contributed by atoms with Crippen molar-refractivity contribution in [2.75, 3.05) is 18.1 Å². The lowest BCUT2D eigenvalue weighted by atomic mass is 10.3. The number of rotatable bonds is 3. The smallest absolute Gasteiger partial charge is 0.261 e. The highest BCUT2D eigenvalue weighted by Crippen LogP contribution is 2.23. The highest BCUT2D eigenvalue weighted by molar-refractivity contribution is 14.1. The van der Waals surface area contributed by atoms with E-state index in [0.29, 0.717) is 0 Å². The third kappa shape index (κ3) is 3.62. The van der Waals surface area contributed by atoms with Gasteiger partial charge in [-0.1, -0.05) is 22.6 Å². The van der Waals surface area contributed by atoms with E-state index in [2.05, 4.69) is 0 Å². The van der Waals surface area contributed by atoms with Crippen LogP contribution in [0.3, 0.4) is 0 Å². The number of alkyl halides is 3. The summed E-state index contributed by atoms with van der Waals surface area (Å²) in [6.07, 6.45) is -3.11. The summed E-state index contributed by atoms with van der Waals surface area (Å²) in [6, 6.07) is 0. The SMILES string of the molecule is O=S1(=O)CC(I)C(OCC(F)F)C1. The summed E-state index contributed by atoms with van der Waals surface area (Å²) < 4.78 is 50.1. The Morgan fingerprint density at radius 1 is 1.46 bits per heavy atom. The molecule has 0 amide bonds. The number of hydrogen-bond acceptors (Lipinski definition) is 3. The Balaban J connectivity index is 2.44. The summed E-state index contributed by atoms with van der Waals surface area (Å²) in [7, 11) is -3.07. The molecule has 2 unspecified atom stereocenters. The Hall–Kier alpha value is 0.500. The average Bonchev–Trinajstić information content (AvgIpc) is 2.20. The Bertz CT molecular complexity index is 267. The van der Waals surface area contributed by atoms with Crippen LogP contribution in [0.2, 0.25) is 0 Å². The predicted octanol–water partition coefficient (Wildman–Crippen LogP) is 0.869. The molecule has 1 saturated heterocycles. The summed E-state index contributed by atoms with van der Waals surface area (Å²) in [5.41, 5.74) is 0. The second-order valence-electron chi connectivity index (χ2n) is 2.86. The van der Waals surface area contributed by atoms with Gasteiger partial charge in [0.25, 0.3) is 6.43 Å². The fraction of sp³-hybridized carbons (Fsp3) is 1.00. The van der Waals surface area contributed by atoms with Crippen molar-refractivity contribution < 1.29 is 21.9 Å². The van der Waals surface area contributed by atoms with Gasteiger partial charge in [0.2, 0.25) is 0 Å². The molecule has 1 aliphatic rings. The van der Waals surface area contributed by atoms with Crippen molar-refractivity contribution in [1.82, 2.24) is 0 Å². The first kappa shape index (κ1) is 11.6. The van der Waals surface area contributed by atoms with Crippen LogP contribution in [0, 0.1) is 0 Å². The normalized spacial score (nSPS) is 32.6. The van der Waals surface area contributed by atoms with Crippen molar-refractivity contribution in [2.24, 2.45) is 0 Å². The highest BCUT2D eigenvalue weighted by atomic mass is 127. The molecule has 0 spiro atoms. The predicted molar refractivity (Wildman–Crippen MR) is 52.2 cm³/mol. The molecular weight excluding hydrogens is 317 g/mol. The third-order valence-electron chi connectivity index (χ3n) is 1.67. The van der Waals surface area contributed by atoms with E-state index in [1.165, 1.54) is 0 Å². The van der Waals surface area contributed by atoms with Crippen molar-refractivity contribution in [3.63, 3.8) is 0 Å². The molecule has 1 heterocycles. The van der Waals surface area contributed by atoms with Crippen LogP contribution in [-0.4, -0.2) is 43.0 Å². The maximum absolute atomic E-state index is 11.7. The molecule has 0 saturated carbocycles. The Morgan fingerprint density at radius 2 is 2.08 bits per heavy atom. The van der Waals surface area contributed by atoms with Gasteiger partial charge in [-0.3, -0.25) is 0 Å². The summed E-state index contributed by atoms with van der Waals surface area (Å²) in [5.74, 6) is -0.102. The Kier molecular flexibility index (Phi) is 3.87. The number of sulfone groups is 1. The first-order valence-corrected chi connectivity index (χ1v) is 6.71. The summed E-state index contributed by atoms with van der Waals surface area (Å²) >= 11 is 1.92. The van der Waals surface area contributed by atoms with E-state index in [9.17, 15) is 17.2 Å². The fourth-order valence-corrected chi connectivity index (χ4v) is 5.24. The Morgan fingerprint density at radius 3 is 2.46 bits per heavy atom. The van der Waals surface area contributed by atoms with Crippen LogP contribution in [0.1, 0.15) is 0 Å². The van der Waals surface area contributed by atoms with Crippen LogP contribution >= 0.6 is 22.6 Å². The zero-order valence-corrected chi connectivity index (χ0v) is 9.59. The monoisotopic (exact) mass is 326 g/mol. The van der Waals surface area contributed by atoms with E-state index < -0.39 is 29.0 Å². The van der Waals surface area contributed by atoms with Crippen LogP contribution in [0.5, 0.6) is 0 Å². The molecule has 0 aromatic heterocycles. The van der Waals surface area contributed by atoms with Gasteiger partial charge >= 0.3 is 0 Å². The van der Waals surface area contributed by atoms with Gasteiger partial charge in [-0.15, -0.1) is 0 Å². The molecule has 0 bridgehead atoms. The van der Waals surface area contributed by atoms with Gasteiger partial charge in [-0.05, 0) is 0 Å². The standard InChI is InChI=1S/C6H9F2IO3S/c7-6(8)1-12-5-3-13(10,11)2-4(5)9/h4-6H,1-3H2. The zero-order chi connectivity index (χ0) is 10.1. The lowest BCUT2D eigenvalue weighted by molar-refractivity contribution is -0.0111. The van der Waals surface area contributed by atoms with Gasteiger partial charge in [0.15, 0.2) is 9.84 Å². The van der Waals surface area contributed by atoms with Crippen LogP contribution in [-0.2, 0) is 14.6 Å². The van der Waals surface area contributed by atoms with Crippen molar-refractivity contribution in [2.45, 2.75) is 16.5 Å². The molecule has 0 aliphatic carbocycles. The first-order valence-electron chi connectivity index (χ1n) is 3.65. The topological polar surface area (TPSA) is 43.4 Å². The van der Waals surface area contributed by atoms with E-state index in [-0.39, 0.29) is 15.4 Å². The minimum absolute atomic E-state index is 0.0292. The second kappa shape index (κ2) is 4.35. The molecule has 1 aliphatic heterocycles. The van der Waals surface area contributed by atoms with Crippen LogP contribution < -0.4 is 0 Å². The molecule has 3 nitrogen and oxygen atoms in total. The lowest BCUT2D eigenvalue weighted by Crippen LogP contribution is -2.24. The number of halogens is 3. The minimum atomic E-state index is -3.07. The molecule has 2 atom stereocenters. The van der Waals surface area contributed by atoms with Crippen LogP contribution in [0.4, 0.5) is 8.78 Å². The highest BCUT2D eigenvalue weighted by Gasteiger charge is 2.36. The molecule has 1 rings (SSSR count). The minimum Gasteiger partial charge on any atom is -0.370 e. The molecule has 0 radical (unpaired) electrons. The van der Waals surface area contributed by atoms with Crippen molar-refractivity contribution >= 4 is 32.4 Å². The van der Waals surface area contributed by atoms with Crippen molar-refractivity contribution in [3.8, 4) is 0 Å². The van der Waals surface area contributed by atoms with E-state index in [1.807, 2.05) is 22.6 Å². The van der Waals surface area contributed by atoms with Gasteiger partial charge in [0.05, 0.1) is 21.5 Å². The van der Waals surface area contributed by atoms with Crippen LogP contribution in [0.15, 0.2) is 0 Å². The third-order valence-corrected chi connectivity index (χ3v) is 5.21. The first-order chi connectivity index (χ1) is 5.91. The molecule has 7 heteroatoms. The second-order valence-corrected chi connectivity index (χ2v) is 6.61. The zero-order valence-electron chi connectivity index (χ0n) is 6.62. The molecule has 13 heavy (non-hydrogen) atoms. The molecular formula is C6H9F2IO3S. The summed E-state index contributed by atoms with van der Waals surface area (Å²) in [6.45, 7) is -0.681. The largest absolute Gasteiger partial charge is 0.370 e. The van der Waals surface area contributed by atoms with Crippen molar-refractivity contribution in [3.05, 3.63) is 0 Å². The lowest BCUT2D eigenvalue weighted by Gasteiger charge is -2.12. The molecule has 78 valence electrons. The van der Waals surface area contributed by atoms with E-state index in [1.54, 1.807) is 0 Å². The van der Waals surface area contributed by atoms with Gasteiger partial charge in [0.1, 0.15) is 6.61 Å². The fourth-order valence-electron chi connectivity index (χ4n) is 1.12. The maximum Gasteiger partial charge on any atom is 0.261 e. The number of hydrogen-bond donors (Lipinski definition) is 0. The van der Waals surface area contributed by atoms with Gasteiger partial charge in [-0.25, -0.2) is 17.2 Å². The van der Waals surface area contributed by atoms with Gasteiger partial charge in [0, 0.05) is 0 Å². The molecule has 0 aromatic rings. The Labute approximate surface area is 88.9 Å². The van der Waals surface area contributed by atoms with E-state index in [0.717, 1.165) is 0 Å². The average molecular weight is 326 g/mol. The van der Waals surface area contributed by atoms with E-state index in [4.69, 9.17) is 4.74 Å². The van der Waals surface area contributed by atoms with Gasteiger partial charge < -0.3 is 4.74 Å². The quantitative estimate of drug-likeness (QED) is 0.571. The van der Waals surface area contributed by atoms with Crippen molar-refractivity contribution in [1.29, 1.82) is 0 Å².